The molecule has 0 saturated carbocycles. The lowest BCUT2D eigenvalue weighted by Gasteiger charge is -2.06. The average Bonchev–Trinajstić information content (AvgIpc) is 3.13. The van der Waals surface area contributed by atoms with Gasteiger partial charge in [-0.15, -0.1) is 0 Å². The summed E-state index contributed by atoms with van der Waals surface area (Å²) >= 11 is 0. The molecule has 0 atom stereocenters. The maximum atomic E-state index is 12.5. The molecule has 0 spiro atoms. The molecule has 4 aromatic rings. The van der Waals surface area contributed by atoms with Gasteiger partial charge in [0.2, 0.25) is 11.8 Å². The maximum absolute atomic E-state index is 12.5. The number of carbonyl (C=O) groups excluding carboxylic acids is 1. The molecule has 0 fully saturated rings. The first-order valence-electron chi connectivity index (χ1n) is 8.87. The van der Waals surface area contributed by atoms with Gasteiger partial charge in [-0.1, -0.05) is 59.3 Å². The largest absolute Gasteiger partial charge is 0.337 e. The van der Waals surface area contributed by atoms with Crippen LogP contribution >= 0.6 is 0 Å². The van der Waals surface area contributed by atoms with E-state index in [-0.39, 0.29) is 18.2 Å². The number of hydrogen-bond donors (Lipinski definition) is 1. The summed E-state index contributed by atoms with van der Waals surface area (Å²) in [6.45, 7) is 2.01. The van der Waals surface area contributed by atoms with Crippen LogP contribution in [-0.2, 0) is 11.2 Å². The van der Waals surface area contributed by atoms with Crippen molar-refractivity contribution in [1.29, 1.82) is 0 Å². The monoisotopic (exact) mass is 370 g/mol. The molecule has 2 heterocycles. The van der Waals surface area contributed by atoms with Crippen LogP contribution in [0.3, 0.4) is 0 Å². The highest BCUT2D eigenvalue weighted by Crippen LogP contribution is 2.36. The number of aryl methyl sites for hydroxylation is 1. The van der Waals surface area contributed by atoms with Crippen molar-refractivity contribution in [1.82, 2.24) is 15.1 Å². The second kappa shape index (κ2) is 7.84. The Morgan fingerprint density at radius 3 is 2.68 bits per heavy atom. The molecule has 138 valence electrons. The van der Waals surface area contributed by atoms with Crippen molar-refractivity contribution < 1.29 is 9.32 Å². The van der Waals surface area contributed by atoms with Crippen LogP contribution in [0.25, 0.3) is 22.5 Å². The summed E-state index contributed by atoms with van der Waals surface area (Å²) in [6, 6.07) is 19.2. The third kappa shape index (κ3) is 3.81. The Balaban J connectivity index is 1.70. The number of nitrogens with zero attached hydrogens (tertiary/aromatic N) is 3. The fourth-order valence-corrected chi connectivity index (χ4v) is 2.99. The van der Waals surface area contributed by atoms with Gasteiger partial charge in [-0.3, -0.25) is 10.1 Å². The molecule has 28 heavy (non-hydrogen) atoms. The van der Waals surface area contributed by atoms with Crippen molar-refractivity contribution in [3.63, 3.8) is 0 Å². The topological polar surface area (TPSA) is 80.9 Å². The van der Waals surface area contributed by atoms with Crippen LogP contribution in [0.15, 0.2) is 77.7 Å². The Morgan fingerprint density at radius 2 is 1.93 bits per heavy atom. The first-order chi connectivity index (χ1) is 13.7. The molecule has 1 N–H and O–H groups in total. The molecule has 0 saturated heterocycles. The highest BCUT2D eigenvalue weighted by molar-refractivity contribution is 5.97. The highest BCUT2D eigenvalue weighted by atomic mass is 16.5. The molecule has 0 aliphatic carbocycles. The molecular formula is C22H18N4O2. The number of amides is 1. The lowest BCUT2D eigenvalue weighted by molar-refractivity contribution is -0.115. The summed E-state index contributed by atoms with van der Waals surface area (Å²) in [7, 11) is 0. The molecule has 6 heteroatoms. The Kier molecular flexibility index (Phi) is 4.93. The Labute approximate surface area is 162 Å². The summed E-state index contributed by atoms with van der Waals surface area (Å²) in [5.41, 5.74) is 4.79. The molecular weight excluding hydrogens is 352 g/mol. The van der Waals surface area contributed by atoms with Crippen molar-refractivity contribution in [3.8, 4) is 22.5 Å². The van der Waals surface area contributed by atoms with Gasteiger partial charge in [-0.25, -0.2) is 9.97 Å². The summed E-state index contributed by atoms with van der Waals surface area (Å²) in [6.07, 6.45) is 3.34. The third-order valence-electron chi connectivity index (χ3n) is 4.28. The van der Waals surface area contributed by atoms with Crippen molar-refractivity contribution in [3.05, 3.63) is 84.3 Å². The number of anilines is 1. The Hall–Kier alpha value is -3.80. The van der Waals surface area contributed by atoms with Gasteiger partial charge in [0, 0.05) is 11.8 Å². The molecule has 4 rings (SSSR count). The normalized spacial score (nSPS) is 10.6. The SMILES string of the molecule is Cc1cccc(-c2noc(NC(=O)Cc3ccccc3)c2-c2ccncn2)c1. The number of carbonyl (C=O) groups is 1. The molecule has 0 unspecified atom stereocenters. The van der Waals surface area contributed by atoms with Gasteiger partial charge >= 0.3 is 0 Å². The Morgan fingerprint density at radius 1 is 1.07 bits per heavy atom. The standard InChI is InChI=1S/C22H18N4O2/c1-15-6-5-9-17(12-15)21-20(18-10-11-23-14-24-18)22(28-26-21)25-19(27)13-16-7-3-2-4-8-16/h2-12,14H,13H2,1H3,(H,25,27). The van der Waals surface area contributed by atoms with Gasteiger partial charge in [-0.05, 0) is 24.6 Å². The molecule has 2 aromatic carbocycles. The summed E-state index contributed by atoms with van der Waals surface area (Å²) in [5, 5.41) is 7.05. The van der Waals surface area contributed by atoms with E-state index in [4.69, 9.17) is 4.52 Å². The predicted molar refractivity (Wildman–Crippen MR) is 106 cm³/mol. The van der Waals surface area contributed by atoms with Crippen molar-refractivity contribution in [2.24, 2.45) is 0 Å². The molecule has 0 aliphatic rings. The first kappa shape index (κ1) is 17.6. The van der Waals surface area contributed by atoms with Crippen molar-refractivity contribution in [2.75, 3.05) is 5.32 Å². The van der Waals surface area contributed by atoms with E-state index in [0.29, 0.717) is 17.0 Å². The minimum atomic E-state index is -0.187. The zero-order valence-electron chi connectivity index (χ0n) is 15.3. The van der Waals surface area contributed by atoms with Gasteiger partial charge in [0.1, 0.15) is 12.0 Å². The minimum Gasteiger partial charge on any atom is -0.337 e. The highest BCUT2D eigenvalue weighted by Gasteiger charge is 2.22. The van der Waals surface area contributed by atoms with Crippen LogP contribution in [0, 0.1) is 6.92 Å². The Bertz CT molecular complexity index is 1090. The van der Waals surface area contributed by atoms with E-state index in [1.54, 1.807) is 12.3 Å². The molecule has 6 nitrogen and oxygen atoms in total. The van der Waals surface area contributed by atoms with Crippen molar-refractivity contribution in [2.45, 2.75) is 13.3 Å². The quantitative estimate of drug-likeness (QED) is 0.567. The zero-order chi connectivity index (χ0) is 19.3. The van der Waals surface area contributed by atoms with Crippen LogP contribution in [0.4, 0.5) is 5.88 Å². The lowest BCUT2D eigenvalue weighted by atomic mass is 10.0. The molecule has 0 aliphatic heterocycles. The first-order valence-corrected chi connectivity index (χ1v) is 8.87. The lowest BCUT2D eigenvalue weighted by Crippen LogP contribution is -2.14. The van der Waals surface area contributed by atoms with Gasteiger partial charge in [-0.2, -0.15) is 0 Å². The number of benzene rings is 2. The van der Waals surface area contributed by atoms with Gasteiger partial charge in [0.25, 0.3) is 0 Å². The van der Waals surface area contributed by atoms with E-state index >= 15 is 0 Å². The molecule has 0 radical (unpaired) electrons. The molecule has 1 amide bonds. The number of aromatic nitrogens is 3. The second-order valence-corrected chi connectivity index (χ2v) is 6.41. The van der Waals surface area contributed by atoms with Crippen molar-refractivity contribution >= 4 is 11.8 Å². The van der Waals surface area contributed by atoms with E-state index in [1.165, 1.54) is 6.33 Å². The number of hydrogen-bond acceptors (Lipinski definition) is 5. The van der Waals surface area contributed by atoms with Crippen LogP contribution in [0.5, 0.6) is 0 Å². The van der Waals surface area contributed by atoms with Gasteiger partial charge in [0.05, 0.1) is 17.7 Å². The van der Waals surface area contributed by atoms with E-state index in [2.05, 4.69) is 20.4 Å². The zero-order valence-corrected chi connectivity index (χ0v) is 15.3. The smallest absolute Gasteiger partial charge is 0.241 e. The molecule has 2 aromatic heterocycles. The predicted octanol–water partition coefficient (Wildman–Crippen LogP) is 4.29. The summed E-state index contributed by atoms with van der Waals surface area (Å²) in [5.74, 6) is 0.0876. The summed E-state index contributed by atoms with van der Waals surface area (Å²) in [4.78, 5) is 20.8. The van der Waals surface area contributed by atoms with E-state index in [9.17, 15) is 4.79 Å². The minimum absolute atomic E-state index is 0.187. The fraction of sp³-hybridized carbons (Fsp3) is 0.0909. The second-order valence-electron chi connectivity index (χ2n) is 6.41. The number of rotatable bonds is 5. The van der Waals surface area contributed by atoms with Gasteiger partial charge < -0.3 is 4.52 Å². The van der Waals surface area contributed by atoms with Crippen LogP contribution in [-0.4, -0.2) is 21.0 Å². The number of nitrogens with one attached hydrogen (secondary N) is 1. The molecule has 0 bridgehead atoms. The van der Waals surface area contributed by atoms with E-state index in [1.807, 2.05) is 61.5 Å². The van der Waals surface area contributed by atoms with Gasteiger partial charge in [0.15, 0.2) is 0 Å². The summed E-state index contributed by atoms with van der Waals surface area (Å²) < 4.78 is 5.51. The van der Waals surface area contributed by atoms with E-state index < -0.39 is 0 Å². The van der Waals surface area contributed by atoms with E-state index in [0.717, 1.165) is 16.7 Å². The van der Waals surface area contributed by atoms with Crippen LogP contribution in [0.1, 0.15) is 11.1 Å². The fourth-order valence-electron chi connectivity index (χ4n) is 2.99. The van der Waals surface area contributed by atoms with Crippen LogP contribution < -0.4 is 5.32 Å². The van der Waals surface area contributed by atoms with Crippen LogP contribution in [0.2, 0.25) is 0 Å². The maximum Gasteiger partial charge on any atom is 0.241 e. The average molecular weight is 370 g/mol. The third-order valence-corrected chi connectivity index (χ3v) is 4.28.